The highest BCUT2D eigenvalue weighted by Gasteiger charge is 2.11. The summed E-state index contributed by atoms with van der Waals surface area (Å²) >= 11 is 0. The van der Waals surface area contributed by atoms with Gasteiger partial charge in [0, 0.05) is 37.1 Å². The number of aromatic amines is 1. The zero-order valence-corrected chi connectivity index (χ0v) is 18.1. The summed E-state index contributed by atoms with van der Waals surface area (Å²) in [6.45, 7) is 2.46. The lowest BCUT2D eigenvalue weighted by Gasteiger charge is -2.18. The molecule has 0 saturated heterocycles. The Hall–Kier alpha value is -4.47. The molecule has 168 valence electrons. The second-order valence-corrected chi connectivity index (χ2v) is 7.54. The second kappa shape index (κ2) is 9.35. The van der Waals surface area contributed by atoms with Crippen molar-refractivity contribution >= 4 is 34.9 Å². The number of carbonyl (C=O) groups excluding carboxylic acids is 1. The van der Waals surface area contributed by atoms with E-state index in [9.17, 15) is 9.18 Å². The van der Waals surface area contributed by atoms with Gasteiger partial charge in [-0.15, -0.1) is 0 Å². The highest BCUT2D eigenvalue weighted by Crippen LogP contribution is 2.21. The lowest BCUT2D eigenvalue weighted by molar-refractivity contribution is 0.102. The molecule has 0 atom stereocenters. The van der Waals surface area contributed by atoms with Gasteiger partial charge in [-0.3, -0.25) is 9.89 Å². The fourth-order valence-electron chi connectivity index (χ4n) is 3.16. The molecular formula is C23H23FN8O. The molecule has 9 nitrogen and oxygen atoms in total. The number of hydrogen-bond acceptors (Lipinski definition) is 7. The van der Waals surface area contributed by atoms with Crippen LogP contribution in [0.1, 0.15) is 21.6 Å². The number of halogens is 1. The van der Waals surface area contributed by atoms with Crippen LogP contribution in [0.3, 0.4) is 0 Å². The first-order chi connectivity index (χ1) is 15.9. The molecule has 0 spiro atoms. The van der Waals surface area contributed by atoms with Crippen LogP contribution < -0.4 is 21.3 Å². The Kier molecular flexibility index (Phi) is 6.16. The first kappa shape index (κ1) is 21.8. The molecule has 0 radical (unpaired) electrons. The number of hydrogen-bond donors (Lipinski definition) is 4. The number of aromatic nitrogens is 4. The first-order valence-corrected chi connectivity index (χ1v) is 10.2. The van der Waals surface area contributed by atoms with E-state index in [0.717, 1.165) is 17.3 Å². The lowest BCUT2D eigenvalue weighted by atomic mass is 10.1. The Morgan fingerprint density at radius 2 is 1.91 bits per heavy atom. The number of nitrogens with one attached hydrogen (secondary N) is 3. The molecule has 0 aliphatic heterocycles. The van der Waals surface area contributed by atoms with E-state index in [1.807, 2.05) is 37.1 Å². The molecule has 0 aliphatic rings. The molecule has 2 aromatic heterocycles. The predicted octanol–water partition coefficient (Wildman–Crippen LogP) is 3.86. The lowest BCUT2D eigenvalue weighted by Crippen LogP contribution is -2.19. The maximum atomic E-state index is 13.2. The molecule has 4 rings (SSSR count). The Labute approximate surface area is 189 Å². The normalized spacial score (nSPS) is 10.6. The Morgan fingerprint density at radius 1 is 1.12 bits per heavy atom. The van der Waals surface area contributed by atoms with E-state index in [1.54, 1.807) is 24.4 Å². The zero-order valence-electron chi connectivity index (χ0n) is 18.1. The highest BCUT2D eigenvalue weighted by atomic mass is 19.1. The van der Waals surface area contributed by atoms with E-state index in [-0.39, 0.29) is 11.6 Å². The number of anilines is 5. The Balaban J connectivity index is 1.39. The average molecular weight is 446 g/mol. The fourth-order valence-corrected chi connectivity index (χ4v) is 3.16. The summed E-state index contributed by atoms with van der Waals surface area (Å²) in [6.07, 6.45) is 1.68. The van der Waals surface area contributed by atoms with Crippen molar-refractivity contribution in [3.8, 4) is 0 Å². The van der Waals surface area contributed by atoms with Crippen molar-refractivity contribution in [1.29, 1.82) is 0 Å². The molecule has 0 fully saturated rings. The summed E-state index contributed by atoms with van der Waals surface area (Å²) in [4.78, 5) is 23.2. The van der Waals surface area contributed by atoms with Gasteiger partial charge in [0.25, 0.3) is 5.91 Å². The van der Waals surface area contributed by atoms with E-state index in [1.165, 1.54) is 12.1 Å². The van der Waals surface area contributed by atoms with Gasteiger partial charge in [-0.25, -0.2) is 9.37 Å². The van der Waals surface area contributed by atoms with Crippen LogP contribution in [0.2, 0.25) is 0 Å². The Bertz CT molecular complexity index is 1270. The molecule has 4 aromatic rings. The van der Waals surface area contributed by atoms with Crippen molar-refractivity contribution in [3.05, 3.63) is 83.4 Å². The number of H-pyrrole nitrogens is 1. The van der Waals surface area contributed by atoms with Crippen LogP contribution >= 0.6 is 0 Å². The van der Waals surface area contributed by atoms with E-state index in [2.05, 4.69) is 30.8 Å². The molecule has 0 saturated carbocycles. The summed E-state index contributed by atoms with van der Waals surface area (Å²) < 4.78 is 13.2. The number of nitrogen functional groups attached to an aromatic ring is 1. The van der Waals surface area contributed by atoms with Crippen molar-refractivity contribution in [2.75, 3.05) is 28.3 Å². The number of carbonyl (C=O) groups is 1. The largest absolute Gasteiger partial charge is 0.397 e. The quantitative estimate of drug-likeness (QED) is 0.318. The first-order valence-electron chi connectivity index (χ1n) is 10.2. The smallest absolute Gasteiger partial charge is 0.255 e. The van der Waals surface area contributed by atoms with Gasteiger partial charge in [-0.05, 0) is 48.9 Å². The molecule has 10 heteroatoms. The summed E-state index contributed by atoms with van der Waals surface area (Å²) in [7, 11) is 1.88. The average Bonchev–Trinajstić information content (AvgIpc) is 3.20. The topological polar surface area (TPSA) is 125 Å². The number of nitrogens with zero attached hydrogens (tertiary/aromatic N) is 4. The van der Waals surface area contributed by atoms with E-state index in [4.69, 9.17) is 5.73 Å². The molecule has 33 heavy (non-hydrogen) atoms. The maximum absolute atomic E-state index is 13.2. The van der Waals surface area contributed by atoms with Gasteiger partial charge >= 0.3 is 0 Å². The zero-order chi connectivity index (χ0) is 23.4. The van der Waals surface area contributed by atoms with Crippen LogP contribution in [0, 0.1) is 12.7 Å². The molecule has 2 aromatic carbocycles. The van der Waals surface area contributed by atoms with Crippen molar-refractivity contribution in [2.24, 2.45) is 0 Å². The molecule has 0 bridgehead atoms. The van der Waals surface area contributed by atoms with Crippen LogP contribution in [-0.2, 0) is 6.54 Å². The van der Waals surface area contributed by atoms with Gasteiger partial charge in [0.2, 0.25) is 5.95 Å². The van der Waals surface area contributed by atoms with Crippen LogP contribution in [0.15, 0.2) is 60.8 Å². The number of amides is 1. The van der Waals surface area contributed by atoms with Gasteiger partial charge in [-0.1, -0.05) is 12.1 Å². The highest BCUT2D eigenvalue weighted by molar-refractivity contribution is 6.05. The monoisotopic (exact) mass is 446 g/mol. The van der Waals surface area contributed by atoms with Gasteiger partial charge in [0.05, 0.1) is 11.4 Å². The molecule has 0 aliphatic carbocycles. The van der Waals surface area contributed by atoms with Crippen molar-refractivity contribution in [2.45, 2.75) is 13.5 Å². The second-order valence-electron chi connectivity index (χ2n) is 7.54. The van der Waals surface area contributed by atoms with Gasteiger partial charge in [-0.2, -0.15) is 10.1 Å². The van der Waals surface area contributed by atoms with Crippen LogP contribution in [0.25, 0.3) is 0 Å². The molecule has 1 amide bonds. The van der Waals surface area contributed by atoms with E-state index in [0.29, 0.717) is 35.4 Å². The summed E-state index contributed by atoms with van der Waals surface area (Å²) in [6, 6.07) is 14.6. The molecule has 0 unspecified atom stereocenters. The minimum atomic E-state index is -0.458. The number of benzene rings is 2. The fraction of sp³-hybridized carbons (Fsp3) is 0.130. The molecular weight excluding hydrogens is 423 g/mol. The number of aryl methyl sites for hydroxylation is 1. The summed E-state index contributed by atoms with van der Waals surface area (Å²) in [5.41, 5.74) is 8.66. The third-order valence-electron chi connectivity index (χ3n) is 4.84. The summed E-state index contributed by atoms with van der Waals surface area (Å²) in [5.74, 6) is 1.06. The van der Waals surface area contributed by atoms with Gasteiger partial charge in [0.15, 0.2) is 5.82 Å². The van der Waals surface area contributed by atoms with Crippen molar-refractivity contribution in [3.63, 3.8) is 0 Å². The molecule has 2 heterocycles. The third kappa shape index (κ3) is 5.42. The van der Waals surface area contributed by atoms with E-state index < -0.39 is 5.82 Å². The minimum Gasteiger partial charge on any atom is -0.397 e. The van der Waals surface area contributed by atoms with Gasteiger partial charge in [0.1, 0.15) is 11.6 Å². The SMILES string of the molecule is Cc1cc(Nc2ccnc(N(C)Cc3ccc(C(=O)Nc4ccc(F)cc4N)cc3)n2)n[nH]1. The van der Waals surface area contributed by atoms with Crippen molar-refractivity contribution in [1.82, 2.24) is 20.2 Å². The van der Waals surface area contributed by atoms with Crippen molar-refractivity contribution < 1.29 is 9.18 Å². The maximum Gasteiger partial charge on any atom is 0.255 e. The summed E-state index contributed by atoms with van der Waals surface area (Å²) in [5, 5.41) is 12.8. The number of rotatable bonds is 7. The van der Waals surface area contributed by atoms with Crippen LogP contribution in [0.5, 0.6) is 0 Å². The van der Waals surface area contributed by atoms with Crippen LogP contribution in [-0.4, -0.2) is 33.1 Å². The number of nitrogens with two attached hydrogens (primary N) is 1. The standard InChI is InChI=1S/C23H23FN8O/c1-14-11-21(31-30-14)28-20-9-10-26-23(29-20)32(2)13-15-3-5-16(6-4-15)22(33)27-19-8-7-17(24)12-18(19)25/h3-12H,13,25H2,1-2H3,(H,27,33)(H2,26,28,29,30,31). The Morgan fingerprint density at radius 3 is 2.61 bits per heavy atom. The predicted molar refractivity (Wildman–Crippen MR) is 126 cm³/mol. The van der Waals surface area contributed by atoms with Crippen LogP contribution in [0.4, 0.5) is 33.3 Å². The molecule has 5 N–H and O–H groups in total. The minimum absolute atomic E-state index is 0.167. The van der Waals surface area contributed by atoms with Gasteiger partial charge < -0.3 is 21.3 Å². The third-order valence-corrected chi connectivity index (χ3v) is 4.84. The van der Waals surface area contributed by atoms with E-state index >= 15 is 0 Å².